The molecule has 8 heteroatoms. The van der Waals surface area contributed by atoms with Crippen molar-refractivity contribution >= 4 is 43.6 Å². The molecule has 0 spiro atoms. The summed E-state index contributed by atoms with van der Waals surface area (Å²) >= 11 is 4.93. The molecule has 2 aromatic carbocycles. The molecule has 0 saturated heterocycles. The van der Waals surface area contributed by atoms with Gasteiger partial charge in [0.1, 0.15) is 0 Å². The first-order chi connectivity index (χ1) is 12.3. The van der Waals surface area contributed by atoms with Gasteiger partial charge in [0.15, 0.2) is 0 Å². The molecule has 0 radical (unpaired) electrons. The molecule has 0 bridgehead atoms. The van der Waals surface area contributed by atoms with Gasteiger partial charge in [-0.05, 0) is 48.2 Å². The molecular formula is C18H21BrN2O3S2. The topological polar surface area (TPSA) is 66.5 Å². The first kappa shape index (κ1) is 21.0. The van der Waals surface area contributed by atoms with Crippen LogP contribution in [-0.4, -0.2) is 39.1 Å². The van der Waals surface area contributed by atoms with Gasteiger partial charge in [-0.3, -0.25) is 4.79 Å². The van der Waals surface area contributed by atoms with E-state index in [1.807, 2.05) is 30.5 Å². The standard InChI is InChI=1S/C18H21BrN2O3S2/c1-21(13-14-3-7-16(25-2)8-4-14)18(22)11-12-20-26(23,24)17-9-5-15(19)6-10-17/h3-10,20H,11-13H2,1-2H3. The Kier molecular flexibility index (Phi) is 7.69. The number of thioether (sulfide) groups is 1. The van der Waals surface area contributed by atoms with Gasteiger partial charge in [0, 0.05) is 35.9 Å². The lowest BCUT2D eigenvalue weighted by atomic mass is 10.2. The lowest BCUT2D eigenvalue weighted by Gasteiger charge is -2.17. The van der Waals surface area contributed by atoms with E-state index in [1.165, 1.54) is 17.0 Å². The molecule has 5 nitrogen and oxygen atoms in total. The van der Waals surface area contributed by atoms with Crippen LogP contribution in [0.4, 0.5) is 0 Å². The van der Waals surface area contributed by atoms with E-state index in [0.29, 0.717) is 6.54 Å². The molecule has 140 valence electrons. The fourth-order valence-electron chi connectivity index (χ4n) is 2.27. The summed E-state index contributed by atoms with van der Waals surface area (Å²) in [5.74, 6) is -0.113. The maximum absolute atomic E-state index is 12.2. The van der Waals surface area contributed by atoms with Crippen LogP contribution >= 0.6 is 27.7 Å². The van der Waals surface area contributed by atoms with Crippen LogP contribution in [0.1, 0.15) is 12.0 Å². The van der Waals surface area contributed by atoms with Crippen LogP contribution in [0.25, 0.3) is 0 Å². The third-order valence-electron chi connectivity index (χ3n) is 3.76. The number of hydrogen-bond donors (Lipinski definition) is 1. The Labute approximate surface area is 167 Å². The van der Waals surface area contributed by atoms with Gasteiger partial charge in [-0.2, -0.15) is 0 Å². The summed E-state index contributed by atoms with van der Waals surface area (Å²) in [7, 11) is -1.89. The van der Waals surface area contributed by atoms with Crippen molar-refractivity contribution in [3.63, 3.8) is 0 Å². The van der Waals surface area contributed by atoms with Crippen molar-refractivity contribution in [2.24, 2.45) is 0 Å². The van der Waals surface area contributed by atoms with Crippen molar-refractivity contribution in [3.05, 3.63) is 58.6 Å². The highest BCUT2D eigenvalue weighted by Gasteiger charge is 2.15. The summed E-state index contributed by atoms with van der Waals surface area (Å²) in [5, 5.41) is 0. The molecule has 0 aliphatic carbocycles. The second-order valence-corrected chi connectivity index (χ2v) is 9.26. The average Bonchev–Trinajstić information content (AvgIpc) is 2.62. The lowest BCUT2D eigenvalue weighted by molar-refractivity contribution is -0.130. The second kappa shape index (κ2) is 9.55. The van der Waals surface area contributed by atoms with Gasteiger partial charge < -0.3 is 4.90 Å². The van der Waals surface area contributed by atoms with Crippen molar-refractivity contribution in [2.45, 2.75) is 22.8 Å². The summed E-state index contributed by atoms with van der Waals surface area (Å²) in [6.07, 6.45) is 2.12. The normalized spacial score (nSPS) is 11.3. The number of sulfonamides is 1. The van der Waals surface area contributed by atoms with E-state index >= 15 is 0 Å². The first-order valence-corrected chi connectivity index (χ1v) is 11.4. The second-order valence-electron chi connectivity index (χ2n) is 5.70. The van der Waals surface area contributed by atoms with Gasteiger partial charge in [-0.25, -0.2) is 13.1 Å². The number of rotatable bonds is 8. The number of benzene rings is 2. The first-order valence-electron chi connectivity index (χ1n) is 7.94. The number of carbonyl (C=O) groups is 1. The van der Waals surface area contributed by atoms with Crippen LogP contribution in [0.3, 0.4) is 0 Å². The van der Waals surface area contributed by atoms with Gasteiger partial charge >= 0.3 is 0 Å². The third-order valence-corrected chi connectivity index (χ3v) is 6.51. The predicted molar refractivity (Wildman–Crippen MR) is 109 cm³/mol. The van der Waals surface area contributed by atoms with Crippen molar-refractivity contribution in [1.82, 2.24) is 9.62 Å². The van der Waals surface area contributed by atoms with E-state index in [-0.39, 0.29) is 23.8 Å². The summed E-state index contributed by atoms with van der Waals surface area (Å²) in [6.45, 7) is 0.555. The molecule has 0 aromatic heterocycles. The molecule has 1 N–H and O–H groups in total. The minimum Gasteiger partial charge on any atom is -0.341 e. The van der Waals surface area contributed by atoms with Gasteiger partial charge in [-0.15, -0.1) is 11.8 Å². The monoisotopic (exact) mass is 456 g/mol. The number of nitrogens with one attached hydrogen (secondary N) is 1. The number of nitrogens with zero attached hydrogens (tertiary/aromatic N) is 1. The highest BCUT2D eigenvalue weighted by molar-refractivity contribution is 9.10. The SMILES string of the molecule is CSc1ccc(CN(C)C(=O)CCNS(=O)(=O)c2ccc(Br)cc2)cc1. The minimum absolute atomic E-state index is 0.0625. The highest BCUT2D eigenvalue weighted by Crippen LogP contribution is 2.16. The Hall–Kier alpha value is -1.35. The molecule has 0 unspecified atom stereocenters. The molecule has 0 atom stereocenters. The van der Waals surface area contributed by atoms with Crippen molar-refractivity contribution in [2.75, 3.05) is 19.8 Å². The largest absolute Gasteiger partial charge is 0.341 e. The van der Waals surface area contributed by atoms with Gasteiger partial charge in [0.2, 0.25) is 15.9 Å². The Morgan fingerprint density at radius 3 is 2.31 bits per heavy atom. The quantitative estimate of drug-likeness (QED) is 0.617. The smallest absolute Gasteiger partial charge is 0.240 e. The summed E-state index contributed by atoms with van der Waals surface area (Å²) in [5.41, 5.74) is 1.04. The molecule has 0 aliphatic heterocycles. The average molecular weight is 457 g/mol. The molecule has 1 amide bonds. The van der Waals surface area contributed by atoms with Gasteiger partial charge in [0.25, 0.3) is 0 Å². The van der Waals surface area contributed by atoms with Crippen LogP contribution in [0.5, 0.6) is 0 Å². The number of carbonyl (C=O) groups excluding carboxylic acids is 1. The molecule has 0 heterocycles. The van der Waals surface area contributed by atoms with Crippen LogP contribution in [0.15, 0.2) is 62.8 Å². The van der Waals surface area contributed by atoms with Crippen molar-refractivity contribution < 1.29 is 13.2 Å². The van der Waals surface area contributed by atoms with Crippen LogP contribution < -0.4 is 4.72 Å². The van der Waals surface area contributed by atoms with E-state index in [0.717, 1.165) is 10.0 Å². The third kappa shape index (κ3) is 6.12. The van der Waals surface area contributed by atoms with Crippen molar-refractivity contribution in [1.29, 1.82) is 0 Å². The fourth-order valence-corrected chi connectivity index (χ4v) is 3.98. The zero-order valence-corrected chi connectivity index (χ0v) is 17.8. The Balaban J connectivity index is 1.84. The zero-order chi connectivity index (χ0) is 19.2. The minimum atomic E-state index is -3.61. The predicted octanol–water partition coefficient (Wildman–Crippen LogP) is 3.50. The number of hydrogen-bond acceptors (Lipinski definition) is 4. The molecule has 0 saturated carbocycles. The van der Waals surface area contributed by atoms with Crippen LogP contribution in [0.2, 0.25) is 0 Å². The van der Waals surface area contributed by atoms with Crippen molar-refractivity contribution in [3.8, 4) is 0 Å². The lowest BCUT2D eigenvalue weighted by Crippen LogP contribution is -2.31. The molecular weight excluding hydrogens is 436 g/mol. The number of amides is 1. The molecule has 2 aromatic rings. The maximum Gasteiger partial charge on any atom is 0.240 e. The summed E-state index contributed by atoms with van der Waals surface area (Å²) in [6, 6.07) is 14.4. The van der Waals surface area contributed by atoms with Crippen LogP contribution in [-0.2, 0) is 21.4 Å². The van der Waals surface area contributed by atoms with Gasteiger partial charge in [0.05, 0.1) is 4.90 Å². The Bertz CT molecular complexity index is 838. The fraction of sp³-hybridized carbons (Fsp3) is 0.278. The van der Waals surface area contributed by atoms with E-state index in [2.05, 4.69) is 20.7 Å². The van der Waals surface area contributed by atoms with E-state index in [9.17, 15) is 13.2 Å². The molecule has 26 heavy (non-hydrogen) atoms. The number of halogens is 1. The van der Waals surface area contributed by atoms with Gasteiger partial charge in [-0.1, -0.05) is 28.1 Å². The zero-order valence-electron chi connectivity index (χ0n) is 14.6. The van der Waals surface area contributed by atoms with E-state index < -0.39 is 10.0 Å². The summed E-state index contributed by atoms with van der Waals surface area (Å²) < 4.78 is 27.7. The molecule has 2 rings (SSSR count). The van der Waals surface area contributed by atoms with E-state index in [1.54, 1.807) is 35.8 Å². The maximum atomic E-state index is 12.2. The Morgan fingerprint density at radius 2 is 1.73 bits per heavy atom. The molecule has 0 fully saturated rings. The molecule has 0 aliphatic rings. The Morgan fingerprint density at radius 1 is 1.12 bits per heavy atom. The highest BCUT2D eigenvalue weighted by atomic mass is 79.9. The van der Waals surface area contributed by atoms with E-state index in [4.69, 9.17) is 0 Å². The van der Waals surface area contributed by atoms with Crippen LogP contribution in [0, 0.1) is 0 Å². The summed E-state index contributed by atoms with van der Waals surface area (Å²) in [4.78, 5) is 15.2.